The number of thiophene rings is 1. The maximum Gasteiger partial charge on any atom is 0.432 e. The van der Waals surface area contributed by atoms with E-state index in [0.717, 1.165) is 10.4 Å². The molecule has 2 aromatic rings. The third kappa shape index (κ3) is 4.85. The first kappa shape index (κ1) is 23.1. The van der Waals surface area contributed by atoms with Crippen molar-refractivity contribution in [3.05, 3.63) is 29.1 Å². The fraction of sp³-hybridized carbons (Fsp3) is 0.400. The van der Waals surface area contributed by atoms with Crippen molar-refractivity contribution in [2.45, 2.75) is 29.1 Å². The van der Waals surface area contributed by atoms with Crippen molar-refractivity contribution < 1.29 is 40.0 Å². The zero-order valence-corrected chi connectivity index (χ0v) is 16.9. The molecule has 4 N–H and O–H groups in total. The first-order valence-electron chi connectivity index (χ1n) is 8.46. The van der Waals surface area contributed by atoms with Gasteiger partial charge in [-0.1, -0.05) is 0 Å². The molecule has 0 radical (unpaired) electrons. The highest BCUT2D eigenvalue weighted by molar-refractivity contribution is 7.91. The molecule has 9 nitrogen and oxygen atoms in total. The summed E-state index contributed by atoms with van der Waals surface area (Å²) in [5.41, 5.74) is 2.83. The monoisotopic (exact) mass is 487 g/mol. The van der Waals surface area contributed by atoms with Crippen LogP contribution >= 0.6 is 11.3 Å². The summed E-state index contributed by atoms with van der Waals surface area (Å²) < 4.78 is 90.4. The van der Waals surface area contributed by atoms with Gasteiger partial charge in [0.2, 0.25) is 0 Å². The molecule has 0 unspecified atom stereocenters. The molecule has 3 heterocycles. The maximum atomic E-state index is 13.3. The van der Waals surface area contributed by atoms with E-state index in [1.807, 2.05) is 0 Å². The molecular weight excluding hydrogens is 473 g/mol. The van der Waals surface area contributed by atoms with Crippen molar-refractivity contribution in [1.29, 1.82) is 0 Å². The van der Waals surface area contributed by atoms with E-state index in [4.69, 9.17) is 5.73 Å². The number of halogens is 5. The Morgan fingerprint density at radius 3 is 2.35 bits per heavy atom. The fourth-order valence-corrected chi connectivity index (χ4v) is 5.67. The van der Waals surface area contributed by atoms with Crippen LogP contribution in [0.25, 0.3) is 0 Å². The maximum absolute atomic E-state index is 13.3. The van der Waals surface area contributed by atoms with E-state index in [1.165, 1.54) is 0 Å². The second kappa shape index (κ2) is 7.83. The zero-order valence-electron chi connectivity index (χ0n) is 15.3. The van der Waals surface area contributed by atoms with Crippen LogP contribution in [0.4, 0.5) is 27.0 Å². The van der Waals surface area contributed by atoms with Gasteiger partial charge < -0.3 is 11.1 Å². The van der Waals surface area contributed by atoms with Crippen LogP contribution in [0.1, 0.15) is 39.4 Å². The van der Waals surface area contributed by atoms with Gasteiger partial charge in [-0.15, -0.1) is 11.3 Å². The summed E-state index contributed by atoms with van der Waals surface area (Å²) in [5.74, 6) is -5.26. The van der Waals surface area contributed by atoms with Crippen molar-refractivity contribution in [2.75, 3.05) is 18.4 Å². The number of anilines is 1. The lowest BCUT2D eigenvalue weighted by Gasteiger charge is -2.30. The number of nitrogens with zero attached hydrogens (tertiary/aromatic N) is 2. The van der Waals surface area contributed by atoms with Crippen LogP contribution in [-0.2, 0) is 16.2 Å². The number of nitrogens with two attached hydrogens (primary N) is 1. The lowest BCUT2D eigenvalue weighted by Crippen LogP contribution is -2.42. The van der Waals surface area contributed by atoms with E-state index in [2.05, 4.69) is 10.4 Å². The molecule has 1 fully saturated rings. The number of sulfonamides is 1. The highest BCUT2D eigenvalue weighted by Crippen LogP contribution is 2.36. The number of primary amides is 1. The first-order chi connectivity index (χ1) is 14.2. The van der Waals surface area contributed by atoms with Gasteiger partial charge >= 0.3 is 6.18 Å². The molecule has 1 aliphatic heterocycles. The third-order valence-corrected chi connectivity index (χ3v) is 7.76. The van der Waals surface area contributed by atoms with Crippen molar-refractivity contribution in [3.63, 3.8) is 0 Å². The van der Waals surface area contributed by atoms with Gasteiger partial charge in [0, 0.05) is 32.0 Å². The first-order valence-corrected chi connectivity index (χ1v) is 10.7. The van der Waals surface area contributed by atoms with Crippen LogP contribution in [0, 0.1) is 0 Å². The van der Waals surface area contributed by atoms with E-state index in [9.17, 15) is 40.0 Å². The van der Waals surface area contributed by atoms with Crippen molar-refractivity contribution in [1.82, 2.24) is 14.5 Å². The Labute approximate surface area is 175 Å². The summed E-state index contributed by atoms with van der Waals surface area (Å²) in [4.78, 5) is 23.9. The second-order valence-electron chi connectivity index (χ2n) is 6.55. The van der Waals surface area contributed by atoms with Gasteiger partial charge in [0.25, 0.3) is 27.8 Å². The molecule has 0 atom stereocenters. The summed E-state index contributed by atoms with van der Waals surface area (Å²) in [5, 5.41) is 6.64. The molecule has 2 aromatic heterocycles. The number of alkyl halides is 5. The van der Waals surface area contributed by atoms with Crippen LogP contribution in [-0.4, -0.2) is 53.7 Å². The van der Waals surface area contributed by atoms with E-state index >= 15 is 0 Å². The Morgan fingerprint density at radius 2 is 1.84 bits per heavy atom. The molecule has 1 saturated heterocycles. The Hall–Kier alpha value is -2.59. The standard InChI is InChI=1S/C15H14F5N5O4S2/c16-14(17)1-3-25(4-2-14)31(28,29)10-5-7(11(21)26)13(30-10)22-12(27)8-6-9(24-23-8)15(18,19)20/h5-6H,1-4H2,(H2,21,26)(H,22,27)(H,23,24). The van der Waals surface area contributed by atoms with Crippen molar-refractivity contribution >= 4 is 38.2 Å². The average Bonchev–Trinajstić information content (AvgIpc) is 3.28. The molecule has 31 heavy (non-hydrogen) atoms. The normalized spacial score (nSPS) is 17.5. The number of rotatable bonds is 5. The van der Waals surface area contributed by atoms with Gasteiger partial charge in [-0.05, 0) is 6.07 Å². The van der Waals surface area contributed by atoms with Crippen molar-refractivity contribution in [3.8, 4) is 0 Å². The topological polar surface area (TPSA) is 138 Å². The molecule has 0 aliphatic carbocycles. The van der Waals surface area contributed by atoms with Crippen LogP contribution in [0.5, 0.6) is 0 Å². The Balaban J connectivity index is 1.86. The number of aromatic amines is 1. The molecule has 1 aliphatic rings. The molecular formula is C15H14F5N5O4S2. The number of piperidine rings is 1. The SMILES string of the molecule is NC(=O)c1cc(S(=O)(=O)N2CCC(F)(F)CC2)sc1NC(=O)c1cc(C(F)(F)F)[nH]n1. The lowest BCUT2D eigenvalue weighted by atomic mass is 10.1. The molecule has 170 valence electrons. The second-order valence-corrected chi connectivity index (χ2v) is 9.77. The van der Waals surface area contributed by atoms with Gasteiger partial charge in [-0.3, -0.25) is 14.7 Å². The zero-order chi connectivity index (χ0) is 23.2. The van der Waals surface area contributed by atoms with Crippen molar-refractivity contribution in [2.24, 2.45) is 5.73 Å². The summed E-state index contributed by atoms with van der Waals surface area (Å²) in [6, 6.07) is 1.30. The van der Waals surface area contributed by atoms with Gasteiger partial charge in [-0.25, -0.2) is 17.2 Å². The summed E-state index contributed by atoms with van der Waals surface area (Å²) in [7, 11) is -4.27. The van der Waals surface area contributed by atoms with Gasteiger partial charge in [-0.2, -0.15) is 22.6 Å². The lowest BCUT2D eigenvalue weighted by molar-refractivity contribution is -0.141. The van der Waals surface area contributed by atoms with Crippen LogP contribution in [0.15, 0.2) is 16.3 Å². The number of carbonyl (C=O) groups is 2. The van der Waals surface area contributed by atoms with E-state index in [0.29, 0.717) is 17.4 Å². The number of nitrogens with one attached hydrogen (secondary N) is 2. The number of aromatic nitrogens is 2. The predicted octanol–water partition coefficient (Wildman–Crippen LogP) is 2.26. The summed E-state index contributed by atoms with van der Waals surface area (Å²) in [6.07, 6.45) is -6.13. The van der Waals surface area contributed by atoms with Gasteiger partial charge in [0.1, 0.15) is 14.9 Å². The molecule has 0 saturated carbocycles. The predicted molar refractivity (Wildman–Crippen MR) is 97.3 cm³/mol. The van der Waals surface area contributed by atoms with Gasteiger partial charge in [0.15, 0.2) is 5.69 Å². The average molecular weight is 487 g/mol. The van der Waals surface area contributed by atoms with E-state index < -0.39 is 81.0 Å². The minimum Gasteiger partial charge on any atom is -0.366 e. The molecule has 16 heteroatoms. The third-order valence-electron chi connectivity index (χ3n) is 4.37. The van der Waals surface area contributed by atoms with Crippen LogP contribution in [0.3, 0.4) is 0 Å². The number of hydrogen-bond acceptors (Lipinski definition) is 6. The highest BCUT2D eigenvalue weighted by atomic mass is 32.2. The highest BCUT2D eigenvalue weighted by Gasteiger charge is 2.40. The molecule has 0 bridgehead atoms. The molecule has 2 amide bonds. The molecule has 0 aromatic carbocycles. The largest absolute Gasteiger partial charge is 0.432 e. The smallest absolute Gasteiger partial charge is 0.366 e. The number of amides is 2. The molecule has 3 rings (SSSR count). The minimum absolute atomic E-state index is 0.338. The quantitative estimate of drug-likeness (QED) is 0.556. The number of H-pyrrole nitrogens is 1. The Kier molecular flexibility index (Phi) is 5.83. The summed E-state index contributed by atoms with van der Waals surface area (Å²) >= 11 is 0.414. The Bertz CT molecular complexity index is 1120. The van der Waals surface area contributed by atoms with Gasteiger partial charge in [0.05, 0.1) is 5.56 Å². The van der Waals surface area contributed by atoms with Crippen LogP contribution < -0.4 is 11.1 Å². The van der Waals surface area contributed by atoms with Crippen LogP contribution in [0.2, 0.25) is 0 Å². The van der Waals surface area contributed by atoms with E-state index in [-0.39, 0.29) is 5.00 Å². The molecule has 0 spiro atoms. The number of carbonyl (C=O) groups excluding carboxylic acids is 2. The Morgan fingerprint density at radius 1 is 1.23 bits per heavy atom. The summed E-state index contributed by atoms with van der Waals surface area (Å²) in [6.45, 7) is -0.900. The number of hydrogen-bond donors (Lipinski definition) is 3. The fourth-order valence-electron chi connectivity index (χ4n) is 2.70. The minimum atomic E-state index is -4.78. The van der Waals surface area contributed by atoms with E-state index in [1.54, 1.807) is 5.10 Å².